The van der Waals surface area contributed by atoms with Crippen LogP contribution in [-0.2, 0) is 14.3 Å². The Morgan fingerprint density at radius 2 is 2.00 bits per heavy atom. The van der Waals surface area contributed by atoms with E-state index in [4.69, 9.17) is 33.7 Å². The largest absolute Gasteiger partial charge is 0.468 e. The van der Waals surface area contributed by atoms with Crippen LogP contribution in [0.5, 0.6) is 0 Å². The summed E-state index contributed by atoms with van der Waals surface area (Å²) in [6.07, 6.45) is -0.175. The summed E-state index contributed by atoms with van der Waals surface area (Å²) >= 11 is 12.2. The first-order valence-corrected chi connectivity index (χ1v) is 6.26. The number of rotatable bonds is 4. The van der Waals surface area contributed by atoms with E-state index < -0.39 is 23.5 Å². The molecule has 0 saturated carbocycles. The number of nitrogens with one attached hydrogen (secondary N) is 1. The topological polar surface area (TPSA) is 91.3 Å². The molecule has 0 unspecified atom stereocenters. The Morgan fingerprint density at radius 1 is 1.42 bits per heavy atom. The molecule has 1 aliphatic rings. The molecule has 0 spiro atoms. The summed E-state index contributed by atoms with van der Waals surface area (Å²) < 4.78 is 4.71. The lowest BCUT2D eigenvalue weighted by atomic mass is 9.95. The number of benzene rings is 1. The predicted molar refractivity (Wildman–Crippen MR) is 70.9 cm³/mol. The molecule has 2 atom stereocenters. The molecule has 7 heteroatoms. The van der Waals surface area contributed by atoms with Crippen molar-refractivity contribution in [2.24, 2.45) is 5.73 Å². The van der Waals surface area contributed by atoms with Crippen LogP contribution >= 0.6 is 23.2 Å². The van der Waals surface area contributed by atoms with E-state index in [1.807, 2.05) is 0 Å². The summed E-state index contributed by atoms with van der Waals surface area (Å²) in [5, 5.41) is 3.75. The molecule has 3 N–H and O–H groups in total. The minimum absolute atomic E-state index is 0.175. The molecule has 1 heterocycles. The lowest BCUT2D eigenvalue weighted by Crippen LogP contribution is -2.34. The van der Waals surface area contributed by atoms with Crippen molar-refractivity contribution in [3.05, 3.63) is 33.8 Å². The van der Waals surface area contributed by atoms with E-state index in [0.29, 0.717) is 15.6 Å². The van der Waals surface area contributed by atoms with Crippen molar-refractivity contribution in [1.82, 2.24) is 5.32 Å². The number of esters is 1. The Balaban J connectivity index is 2.38. The first kappa shape index (κ1) is 14.1. The second-order valence-electron chi connectivity index (χ2n) is 4.32. The fourth-order valence-corrected chi connectivity index (χ4v) is 2.80. The highest BCUT2D eigenvalue weighted by molar-refractivity contribution is 6.36. The van der Waals surface area contributed by atoms with Crippen molar-refractivity contribution in [1.29, 1.82) is 0 Å². The molecule has 0 aromatic heterocycles. The van der Waals surface area contributed by atoms with Crippen molar-refractivity contribution in [2.75, 3.05) is 7.11 Å². The van der Waals surface area contributed by atoms with Crippen molar-refractivity contribution in [2.45, 2.75) is 18.0 Å². The SMILES string of the molecule is COC(=O)[C@]1(CC(N)=O)N[C@@H]1c1c(Cl)cccc1Cl. The highest BCUT2D eigenvalue weighted by Crippen LogP contribution is 2.48. The van der Waals surface area contributed by atoms with Crippen molar-refractivity contribution in [3.63, 3.8) is 0 Å². The molecule has 19 heavy (non-hydrogen) atoms. The number of methoxy groups -OCH3 is 1. The Labute approximate surface area is 120 Å². The highest BCUT2D eigenvalue weighted by Gasteiger charge is 2.63. The number of carbonyl (C=O) groups excluding carboxylic acids is 2. The van der Waals surface area contributed by atoms with Gasteiger partial charge in [-0.2, -0.15) is 0 Å². The number of hydrogen-bond donors (Lipinski definition) is 2. The van der Waals surface area contributed by atoms with Crippen LogP contribution in [0.1, 0.15) is 18.0 Å². The Morgan fingerprint density at radius 3 is 2.47 bits per heavy atom. The molecule has 2 rings (SSSR count). The molecule has 0 radical (unpaired) electrons. The molecule has 0 bridgehead atoms. The minimum Gasteiger partial charge on any atom is -0.468 e. The third-order valence-corrected chi connectivity index (χ3v) is 3.76. The fraction of sp³-hybridized carbons (Fsp3) is 0.333. The molecule has 1 fully saturated rings. The van der Waals surface area contributed by atoms with Gasteiger partial charge in [0, 0.05) is 15.6 Å². The average molecular weight is 303 g/mol. The van der Waals surface area contributed by atoms with Gasteiger partial charge in [0.1, 0.15) is 5.54 Å². The fourth-order valence-electron chi connectivity index (χ4n) is 2.18. The molecule has 1 aromatic carbocycles. The first-order chi connectivity index (χ1) is 8.92. The predicted octanol–water partition coefficient (Wildman–Crippen LogP) is 1.42. The van der Waals surface area contributed by atoms with E-state index in [1.54, 1.807) is 18.2 Å². The second kappa shape index (κ2) is 5.00. The zero-order valence-corrected chi connectivity index (χ0v) is 11.6. The van der Waals surface area contributed by atoms with E-state index in [-0.39, 0.29) is 6.42 Å². The van der Waals surface area contributed by atoms with Gasteiger partial charge in [0.05, 0.1) is 19.6 Å². The number of carbonyl (C=O) groups is 2. The number of nitrogens with two attached hydrogens (primary N) is 1. The second-order valence-corrected chi connectivity index (χ2v) is 5.13. The van der Waals surface area contributed by atoms with Gasteiger partial charge < -0.3 is 10.5 Å². The monoisotopic (exact) mass is 302 g/mol. The van der Waals surface area contributed by atoms with Crippen LogP contribution in [-0.4, -0.2) is 24.5 Å². The number of amides is 1. The van der Waals surface area contributed by atoms with Gasteiger partial charge in [-0.05, 0) is 12.1 Å². The summed E-state index contributed by atoms with van der Waals surface area (Å²) in [7, 11) is 1.25. The lowest BCUT2D eigenvalue weighted by molar-refractivity contribution is -0.145. The molecule has 1 aromatic rings. The summed E-state index contributed by atoms with van der Waals surface area (Å²) in [6, 6.07) is 4.54. The van der Waals surface area contributed by atoms with E-state index in [9.17, 15) is 9.59 Å². The quantitative estimate of drug-likeness (QED) is 0.650. The van der Waals surface area contributed by atoms with Gasteiger partial charge in [0.15, 0.2) is 0 Å². The molecule has 0 aliphatic carbocycles. The van der Waals surface area contributed by atoms with Crippen LogP contribution in [0.15, 0.2) is 18.2 Å². The third kappa shape index (κ3) is 2.41. The Bertz CT molecular complexity index is 530. The smallest absolute Gasteiger partial charge is 0.328 e. The van der Waals surface area contributed by atoms with Crippen LogP contribution in [0.25, 0.3) is 0 Å². The maximum absolute atomic E-state index is 11.9. The number of ether oxygens (including phenoxy) is 1. The van der Waals surface area contributed by atoms with Gasteiger partial charge in [-0.1, -0.05) is 29.3 Å². The molecule has 1 saturated heterocycles. The molecular formula is C12H12Cl2N2O3. The van der Waals surface area contributed by atoms with E-state index in [2.05, 4.69) is 5.32 Å². The van der Waals surface area contributed by atoms with Gasteiger partial charge in [-0.3, -0.25) is 10.1 Å². The summed E-state index contributed by atoms with van der Waals surface area (Å²) in [5.74, 6) is -1.17. The zero-order valence-electron chi connectivity index (χ0n) is 10.1. The Kier molecular flexibility index (Phi) is 3.71. The molecule has 5 nitrogen and oxygen atoms in total. The number of halogens is 2. The van der Waals surface area contributed by atoms with E-state index in [1.165, 1.54) is 7.11 Å². The zero-order chi connectivity index (χ0) is 14.2. The molecule has 102 valence electrons. The van der Waals surface area contributed by atoms with Gasteiger partial charge in [0.25, 0.3) is 0 Å². The number of primary amides is 1. The van der Waals surface area contributed by atoms with Gasteiger partial charge in [-0.15, -0.1) is 0 Å². The maximum Gasteiger partial charge on any atom is 0.328 e. The normalized spacial score (nSPS) is 24.9. The van der Waals surface area contributed by atoms with Crippen LogP contribution in [0.4, 0.5) is 0 Å². The Hall–Kier alpha value is -1.30. The maximum atomic E-state index is 11.9. The standard InChI is InChI=1S/C12H12Cl2N2O3/c1-19-11(18)12(5-8(15)17)10(16-12)9-6(13)3-2-4-7(9)14/h2-4,10,16H,5H2,1H3,(H2,15,17)/t10-,12-/m1/s1. The first-order valence-electron chi connectivity index (χ1n) is 5.50. The van der Waals surface area contributed by atoms with Crippen LogP contribution in [0.3, 0.4) is 0 Å². The van der Waals surface area contributed by atoms with Gasteiger partial charge in [0.2, 0.25) is 5.91 Å². The summed E-state index contributed by atoms with van der Waals surface area (Å²) in [4.78, 5) is 23.0. The van der Waals surface area contributed by atoms with Gasteiger partial charge in [-0.25, -0.2) is 4.79 Å². The minimum atomic E-state index is -1.17. The van der Waals surface area contributed by atoms with Crippen molar-refractivity contribution in [3.8, 4) is 0 Å². The van der Waals surface area contributed by atoms with Crippen LogP contribution in [0, 0.1) is 0 Å². The van der Waals surface area contributed by atoms with E-state index >= 15 is 0 Å². The molecule has 1 amide bonds. The lowest BCUT2D eigenvalue weighted by Gasteiger charge is -2.12. The molecular weight excluding hydrogens is 291 g/mol. The van der Waals surface area contributed by atoms with Gasteiger partial charge >= 0.3 is 5.97 Å². The third-order valence-electron chi connectivity index (χ3n) is 3.10. The van der Waals surface area contributed by atoms with Crippen LogP contribution < -0.4 is 11.1 Å². The number of hydrogen-bond acceptors (Lipinski definition) is 4. The van der Waals surface area contributed by atoms with E-state index in [0.717, 1.165) is 0 Å². The van der Waals surface area contributed by atoms with Crippen molar-refractivity contribution >= 4 is 35.1 Å². The highest BCUT2D eigenvalue weighted by atomic mass is 35.5. The average Bonchev–Trinajstić information content (AvgIpc) is 3.02. The summed E-state index contributed by atoms with van der Waals surface area (Å²) in [6.45, 7) is 0. The van der Waals surface area contributed by atoms with Crippen molar-refractivity contribution < 1.29 is 14.3 Å². The van der Waals surface area contributed by atoms with Crippen LogP contribution in [0.2, 0.25) is 10.0 Å². The summed E-state index contributed by atoms with van der Waals surface area (Å²) in [5.41, 5.74) is 4.57. The molecule has 1 aliphatic heterocycles.